The smallest absolute Gasteiger partial charge is 0.339 e. The topological polar surface area (TPSA) is 68.3 Å². The Bertz CT molecular complexity index is 952. The van der Waals surface area contributed by atoms with E-state index in [0.717, 1.165) is 15.6 Å². The lowest BCUT2D eigenvalue weighted by Crippen LogP contribution is -2.17. The van der Waals surface area contributed by atoms with Gasteiger partial charge in [0.2, 0.25) is 5.91 Å². The Balaban J connectivity index is 1.60. The van der Waals surface area contributed by atoms with Gasteiger partial charge in [-0.05, 0) is 19.1 Å². The van der Waals surface area contributed by atoms with Crippen LogP contribution in [0.5, 0.6) is 0 Å². The van der Waals surface area contributed by atoms with E-state index in [0.29, 0.717) is 11.3 Å². The van der Waals surface area contributed by atoms with Gasteiger partial charge in [0.05, 0.1) is 29.8 Å². The van der Waals surface area contributed by atoms with E-state index in [-0.39, 0.29) is 11.7 Å². The zero-order valence-electron chi connectivity index (χ0n) is 14.9. The standard InChI is InChI=1S/C20H18N2O3S2/c1-13-7-9-14(10-8-13)17-11-26-20(22-17)27-12-18(23)21-16-6-4-3-5-15(16)19(24)25-2/h3-11H,12H2,1-2H3,(H,21,23). The molecule has 3 rings (SSSR count). The van der Waals surface area contributed by atoms with Crippen LogP contribution in [0.2, 0.25) is 0 Å². The van der Waals surface area contributed by atoms with Gasteiger partial charge in [-0.15, -0.1) is 11.3 Å². The number of ether oxygens (including phenoxy) is 1. The molecule has 1 amide bonds. The van der Waals surface area contributed by atoms with Crippen molar-refractivity contribution in [2.45, 2.75) is 11.3 Å². The second-order valence-electron chi connectivity index (χ2n) is 5.74. The minimum Gasteiger partial charge on any atom is -0.465 e. The Morgan fingerprint density at radius 1 is 1.15 bits per heavy atom. The highest BCUT2D eigenvalue weighted by molar-refractivity contribution is 8.01. The summed E-state index contributed by atoms with van der Waals surface area (Å²) in [5, 5.41) is 4.74. The number of hydrogen-bond acceptors (Lipinski definition) is 6. The van der Waals surface area contributed by atoms with Gasteiger partial charge in [0.1, 0.15) is 0 Å². The molecule has 0 aliphatic rings. The molecular weight excluding hydrogens is 380 g/mol. The highest BCUT2D eigenvalue weighted by atomic mass is 32.2. The SMILES string of the molecule is COC(=O)c1ccccc1NC(=O)CSc1nc(-c2ccc(C)cc2)cs1. The molecule has 1 N–H and O–H groups in total. The fourth-order valence-corrected chi connectivity index (χ4v) is 4.01. The Labute approximate surface area is 165 Å². The number of carbonyl (C=O) groups excluding carboxylic acids is 2. The van der Waals surface area contributed by atoms with Crippen LogP contribution in [0.1, 0.15) is 15.9 Å². The van der Waals surface area contributed by atoms with Crippen molar-refractivity contribution in [3.63, 3.8) is 0 Å². The van der Waals surface area contributed by atoms with Crippen molar-refractivity contribution < 1.29 is 14.3 Å². The average Bonchev–Trinajstić information content (AvgIpc) is 3.16. The molecule has 5 nitrogen and oxygen atoms in total. The van der Waals surface area contributed by atoms with E-state index in [1.165, 1.54) is 35.8 Å². The summed E-state index contributed by atoms with van der Waals surface area (Å²) in [5.74, 6) is -0.485. The van der Waals surface area contributed by atoms with Gasteiger partial charge in [0.25, 0.3) is 0 Å². The minimum atomic E-state index is -0.485. The highest BCUT2D eigenvalue weighted by Gasteiger charge is 2.14. The first kappa shape index (κ1) is 19.1. The number of aryl methyl sites for hydroxylation is 1. The van der Waals surface area contributed by atoms with Gasteiger partial charge < -0.3 is 10.1 Å². The van der Waals surface area contributed by atoms with E-state index in [1.807, 2.05) is 36.6 Å². The van der Waals surface area contributed by atoms with Crippen LogP contribution in [-0.4, -0.2) is 29.7 Å². The first-order chi connectivity index (χ1) is 13.1. The Kier molecular flexibility index (Phi) is 6.26. The molecule has 0 spiro atoms. The Hall–Kier alpha value is -2.64. The molecule has 0 aliphatic carbocycles. The van der Waals surface area contributed by atoms with E-state index < -0.39 is 5.97 Å². The lowest BCUT2D eigenvalue weighted by molar-refractivity contribution is -0.113. The third-order valence-electron chi connectivity index (χ3n) is 3.76. The minimum absolute atomic E-state index is 0.205. The molecule has 3 aromatic rings. The third kappa shape index (κ3) is 4.96. The van der Waals surface area contributed by atoms with Gasteiger partial charge in [-0.25, -0.2) is 9.78 Å². The summed E-state index contributed by atoms with van der Waals surface area (Å²) in [5.41, 5.74) is 3.93. The number of benzene rings is 2. The number of hydrogen-bond donors (Lipinski definition) is 1. The van der Waals surface area contributed by atoms with Crippen molar-refractivity contribution in [1.29, 1.82) is 0 Å². The predicted octanol–water partition coefficient (Wildman–Crippen LogP) is 4.64. The molecule has 138 valence electrons. The molecule has 0 radical (unpaired) electrons. The molecule has 0 bridgehead atoms. The zero-order chi connectivity index (χ0) is 19.2. The molecular formula is C20H18N2O3S2. The summed E-state index contributed by atoms with van der Waals surface area (Å²) in [6, 6.07) is 14.9. The van der Waals surface area contributed by atoms with Gasteiger partial charge >= 0.3 is 5.97 Å². The number of amides is 1. The molecule has 1 aromatic heterocycles. The normalized spacial score (nSPS) is 10.4. The van der Waals surface area contributed by atoms with Crippen LogP contribution in [0, 0.1) is 6.92 Å². The van der Waals surface area contributed by atoms with Crippen molar-refractivity contribution in [2.24, 2.45) is 0 Å². The summed E-state index contributed by atoms with van der Waals surface area (Å²) in [6.45, 7) is 2.04. The first-order valence-electron chi connectivity index (χ1n) is 8.19. The van der Waals surface area contributed by atoms with Gasteiger partial charge in [0, 0.05) is 10.9 Å². The number of carbonyl (C=O) groups is 2. The molecule has 0 unspecified atom stereocenters. The number of rotatable bonds is 6. The molecule has 1 heterocycles. The second kappa shape index (κ2) is 8.83. The van der Waals surface area contributed by atoms with Crippen LogP contribution in [0.3, 0.4) is 0 Å². The van der Waals surface area contributed by atoms with Crippen molar-refractivity contribution in [3.8, 4) is 11.3 Å². The number of thioether (sulfide) groups is 1. The van der Waals surface area contributed by atoms with Crippen LogP contribution >= 0.6 is 23.1 Å². The van der Waals surface area contributed by atoms with E-state index in [9.17, 15) is 9.59 Å². The molecule has 0 aliphatic heterocycles. The fourth-order valence-electron chi connectivity index (χ4n) is 2.37. The molecule has 7 heteroatoms. The summed E-state index contributed by atoms with van der Waals surface area (Å²) in [7, 11) is 1.31. The van der Waals surface area contributed by atoms with Crippen molar-refractivity contribution in [2.75, 3.05) is 18.2 Å². The summed E-state index contributed by atoms with van der Waals surface area (Å²) in [4.78, 5) is 28.6. The van der Waals surface area contributed by atoms with Gasteiger partial charge in [-0.3, -0.25) is 4.79 Å². The van der Waals surface area contributed by atoms with Gasteiger partial charge in [-0.2, -0.15) is 0 Å². The lowest BCUT2D eigenvalue weighted by Gasteiger charge is -2.08. The fraction of sp³-hybridized carbons (Fsp3) is 0.150. The summed E-state index contributed by atoms with van der Waals surface area (Å²) in [6.07, 6.45) is 0. The maximum absolute atomic E-state index is 12.3. The first-order valence-corrected chi connectivity index (χ1v) is 10.1. The van der Waals surface area contributed by atoms with Crippen LogP contribution in [-0.2, 0) is 9.53 Å². The lowest BCUT2D eigenvalue weighted by atomic mass is 10.1. The second-order valence-corrected chi connectivity index (χ2v) is 7.82. The van der Waals surface area contributed by atoms with Crippen LogP contribution in [0.4, 0.5) is 5.69 Å². The number of aromatic nitrogens is 1. The van der Waals surface area contributed by atoms with Crippen molar-refractivity contribution in [1.82, 2.24) is 4.98 Å². The number of para-hydroxylation sites is 1. The Morgan fingerprint density at radius 2 is 1.89 bits per heavy atom. The van der Waals surface area contributed by atoms with Gasteiger partial charge in [-0.1, -0.05) is 53.7 Å². The summed E-state index contributed by atoms with van der Waals surface area (Å²) < 4.78 is 5.56. The van der Waals surface area contributed by atoms with Crippen molar-refractivity contribution >= 4 is 40.7 Å². The molecule has 0 saturated heterocycles. The number of nitrogens with one attached hydrogen (secondary N) is 1. The van der Waals surface area contributed by atoms with E-state index in [2.05, 4.69) is 10.3 Å². The number of thiazole rings is 1. The molecule has 0 saturated carbocycles. The maximum atomic E-state index is 12.3. The maximum Gasteiger partial charge on any atom is 0.339 e. The number of methoxy groups -OCH3 is 1. The van der Waals surface area contributed by atoms with E-state index in [1.54, 1.807) is 24.3 Å². The molecule has 0 fully saturated rings. The zero-order valence-corrected chi connectivity index (χ0v) is 16.5. The van der Waals surface area contributed by atoms with Crippen LogP contribution < -0.4 is 5.32 Å². The molecule has 2 aromatic carbocycles. The third-order valence-corrected chi connectivity index (χ3v) is 5.78. The van der Waals surface area contributed by atoms with Gasteiger partial charge in [0.15, 0.2) is 4.34 Å². The number of anilines is 1. The summed E-state index contributed by atoms with van der Waals surface area (Å²) >= 11 is 2.87. The largest absolute Gasteiger partial charge is 0.465 e. The van der Waals surface area contributed by atoms with E-state index in [4.69, 9.17) is 4.74 Å². The highest BCUT2D eigenvalue weighted by Crippen LogP contribution is 2.28. The average molecular weight is 399 g/mol. The van der Waals surface area contributed by atoms with Crippen molar-refractivity contribution in [3.05, 3.63) is 65.0 Å². The van der Waals surface area contributed by atoms with E-state index >= 15 is 0 Å². The van der Waals surface area contributed by atoms with Crippen LogP contribution in [0.15, 0.2) is 58.3 Å². The molecule has 0 atom stereocenters. The van der Waals surface area contributed by atoms with Crippen LogP contribution in [0.25, 0.3) is 11.3 Å². The number of esters is 1. The number of nitrogens with zero attached hydrogens (tertiary/aromatic N) is 1. The predicted molar refractivity (Wildman–Crippen MR) is 109 cm³/mol. The monoisotopic (exact) mass is 398 g/mol. The Morgan fingerprint density at radius 3 is 2.63 bits per heavy atom. The molecule has 27 heavy (non-hydrogen) atoms. The quantitative estimate of drug-likeness (QED) is 0.484.